The second-order valence-corrected chi connectivity index (χ2v) is 7.76. The lowest BCUT2D eigenvalue weighted by Crippen LogP contribution is -2.52. The number of nitrogens with one attached hydrogen (secondary N) is 3. The summed E-state index contributed by atoms with van der Waals surface area (Å²) in [5.74, 6) is 0.699. The molecule has 1 aromatic rings. The van der Waals surface area contributed by atoms with Gasteiger partial charge in [0.05, 0.1) is 6.26 Å². The van der Waals surface area contributed by atoms with Crippen molar-refractivity contribution in [3.05, 3.63) is 30.3 Å². The molecule has 1 heterocycles. The van der Waals surface area contributed by atoms with E-state index in [0.717, 1.165) is 32.2 Å². The minimum Gasteiger partial charge on any atom is -0.369 e. The summed E-state index contributed by atoms with van der Waals surface area (Å²) < 4.78 is 24.5. The summed E-state index contributed by atoms with van der Waals surface area (Å²) in [4.78, 5) is 6.59. The van der Waals surface area contributed by atoms with E-state index < -0.39 is 10.0 Å². The number of benzene rings is 1. The molecule has 0 amide bonds. The number of aliphatic imine (C=N–C) groups is 1. The van der Waals surface area contributed by atoms with Crippen LogP contribution < -0.4 is 20.3 Å². The van der Waals surface area contributed by atoms with Crippen molar-refractivity contribution in [1.29, 1.82) is 0 Å². The second kappa shape index (κ2) is 8.89. The zero-order valence-corrected chi connectivity index (χ0v) is 15.1. The first-order valence-electron chi connectivity index (χ1n) is 8.20. The molecule has 0 bridgehead atoms. The summed E-state index contributed by atoms with van der Waals surface area (Å²) in [6, 6.07) is 10.7. The SMILES string of the molecule is CN=C(NCCNS(C)(=O)=O)NC1CCCN(c2ccccc2)C1. The topological polar surface area (TPSA) is 85.8 Å². The fourth-order valence-corrected chi connectivity index (χ4v) is 3.25. The number of para-hydroxylation sites is 1. The highest BCUT2D eigenvalue weighted by Gasteiger charge is 2.20. The number of hydrogen-bond donors (Lipinski definition) is 3. The molecule has 1 unspecified atom stereocenters. The molecule has 0 saturated carbocycles. The number of rotatable bonds is 6. The van der Waals surface area contributed by atoms with E-state index >= 15 is 0 Å². The molecular weight excluding hydrogens is 326 g/mol. The van der Waals surface area contributed by atoms with Gasteiger partial charge in [-0.05, 0) is 25.0 Å². The van der Waals surface area contributed by atoms with Gasteiger partial charge in [-0.15, -0.1) is 0 Å². The summed E-state index contributed by atoms with van der Waals surface area (Å²) in [6.45, 7) is 2.81. The maximum atomic E-state index is 11.0. The van der Waals surface area contributed by atoms with Crippen molar-refractivity contribution < 1.29 is 8.42 Å². The van der Waals surface area contributed by atoms with Gasteiger partial charge < -0.3 is 15.5 Å². The van der Waals surface area contributed by atoms with E-state index in [2.05, 4.69) is 49.5 Å². The largest absolute Gasteiger partial charge is 0.369 e. The molecular formula is C16H27N5O2S. The lowest BCUT2D eigenvalue weighted by atomic mass is 10.1. The van der Waals surface area contributed by atoms with E-state index in [1.54, 1.807) is 7.05 Å². The average molecular weight is 353 g/mol. The normalized spacial score (nSPS) is 19.2. The first kappa shape index (κ1) is 18.5. The smallest absolute Gasteiger partial charge is 0.208 e. The third kappa shape index (κ3) is 6.37. The monoisotopic (exact) mass is 353 g/mol. The van der Waals surface area contributed by atoms with Gasteiger partial charge in [0, 0.05) is 45.0 Å². The van der Waals surface area contributed by atoms with Crippen molar-refractivity contribution in [2.24, 2.45) is 4.99 Å². The lowest BCUT2D eigenvalue weighted by Gasteiger charge is -2.35. The summed E-state index contributed by atoms with van der Waals surface area (Å²) >= 11 is 0. The van der Waals surface area contributed by atoms with E-state index in [9.17, 15) is 8.42 Å². The van der Waals surface area contributed by atoms with Gasteiger partial charge in [0.25, 0.3) is 0 Å². The molecule has 1 atom stereocenters. The van der Waals surface area contributed by atoms with E-state index in [0.29, 0.717) is 25.1 Å². The number of sulfonamides is 1. The van der Waals surface area contributed by atoms with Crippen LogP contribution in [0.3, 0.4) is 0 Å². The van der Waals surface area contributed by atoms with Gasteiger partial charge in [-0.2, -0.15) is 0 Å². The summed E-state index contributed by atoms with van der Waals surface area (Å²) in [7, 11) is -1.43. The molecule has 134 valence electrons. The van der Waals surface area contributed by atoms with Crippen LogP contribution in [0.4, 0.5) is 5.69 Å². The molecule has 0 radical (unpaired) electrons. The molecule has 0 spiro atoms. The molecule has 8 heteroatoms. The van der Waals surface area contributed by atoms with Gasteiger partial charge >= 0.3 is 0 Å². The van der Waals surface area contributed by atoms with Crippen LogP contribution in [-0.2, 0) is 10.0 Å². The van der Waals surface area contributed by atoms with Crippen molar-refractivity contribution in [2.45, 2.75) is 18.9 Å². The lowest BCUT2D eigenvalue weighted by molar-refractivity contribution is 0.468. The number of guanidine groups is 1. The van der Waals surface area contributed by atoms with Crippen molar-refractivity contribution >= 4 is 21.7 Å². The number of nitrogens with zero attached hydrogens (tertiary/aromatic N) is 2. The fourth-order valence-electron chi connectivity index (χ4n) is 2.77. The molecule has 24 heavy (non-hydrogen) atoms. The minimum absolute atomic E-state index is 0.313. The Morgan fingerprint density at radius 3 is 2.71 bits per heavy atom. The zero-order valence-electron chi connectivity index (χ0n) is 14.3. The number of piperidine rings is 1. The van der Waals surface area contributed by atoms with Crippen LogP contribution in [0.1, 0.15) is 12.8 Å². The number of anilines is 1. The van der Waals surface area contributed by atoms with Crippen molar-refractivity contribution in [1.82, 2.24) is 15.4 Å². The van der Waals surface area contributed by atoms with E-state index in [-0.39, 0.29) is 0 Å². The van der Waals surface area contributed by atoms with E-state index in [1.165, 1.54) is 5.69 Å². The quantitative estimate of drug-likeness (QED) is 0.391. The first-order chi connectivity index (χ1) is 11.5. The fraction of sp³-hybridized carbons (Fsp3) is 0.562. The highest BCUT2D eigenvalue weighted by molar-refractivity contribution is 7.88. The van der Waals surface area contributed by atoms with Crippen LogP contribution in [0.15, 0.2) is 35.3 Å². The predicted octanol–water partition coefficient (Wildman–Crippen LogP) is 0.370. The standard InChI is InChI=1S/C16H27N5O2S/c1-17-16(18-10-11-19-24(2,22)23)20-14-7-6-12-21(13-14)15-8-4-3-5-9-15/h3-5,8-9,14,19H,6-7,10-13H2,1-2H3,(H2,17,18,20). The second-order valence-electron chi connectivity index (χ2n) is 5.93. The van der Waals surface area contributed by atoms with Gasteiger partial charge in [0.1, 0.15) is 0 Å². The zero-order chi connectivity index (χ0) is 17.4. The molecule has 7 nitrogen and oxygen atoms in total. The van der Waals surface area contributed by atoms with E-state index in [1.807, 2.05) is 6.07 Å². The van der Waals surface area contributed by atoms with Crippen LogP contribution in [0, 0.1) is 0 Å². The van der Waals surface area contributed by atoms with Crippen LogP contribution in [0.2, 0.25) is 0 Å². The third-order valence-corrected chi connectivity index (χ3v) is 4.62. The predicted molar refractivity (Wildman–Crippen MR) is 99.0 cm³/mol. The van der Waals surface area contributed by atoms with E-state index in [4.69, 9.17) is 0 Å². The molecule has 1 fully saturated rings. The molecule has 3 N–H and O–H groups in total. The van der Waals surface area contributed by atoms with Crippen molar-refractivity contribution in [3.63, 3.8) is 0 Å². The Balaban J connectivity index is 1.80. The summed E-state index contributed by atoms with van der Waals surface area (Å²) in [5, 5.41) is 6.56. The average Bonchev–Trinajstić information content (AvgIpc) is 2.58. The minimum atomic E-state index is -3.15. The molecule has 0 aliphatic carbocycles. The highest BCUT2D eigenvalue weighted by Crippen LogP contribution is 2.19. The first-order valence-corrected chi connectivity index (χ1v) is 10.1. The van der Waals surface area contributed by atoms with Crippen molar-refractivity contribution in [3.8, 4) is 0 Å². The molecule has 1 saturated heterocycles. The third-order valence-electron chi connectivity index (χ3n) is 3.89. The maximum absolute atomic E-state index is 11.0. The van der Waals surface area contributed by atoms with Crippen LogP contribution >= 0.6 is 0 Å². The van der Waals surface area contributed by atoms with Crippen LogP contribution in [0.5, 0.6) is 0 Å². The molecule has 0 aromatic heterocycles. The molecule has 1 aromatic carbocycles. The van der Waals surface area contributed by atoms with Crippen molar-refractivity contribution in [2.75, 3.05) is 44.4 Å². The van der Waals surface area contributed by atoms with Crippen LogP contribution in [0.25, 0.3) is 0 Å². The summed E-state index contributed by atoms with van der Waals surface area (Å²) in [6.07, 6.45) is 3.37. The summed E-state index contributed by atoms with van der Waals surface area (Å²) in [5.41, 5.74) is 1.24. The van der Waals surface area contributed by atoms with Crippen LogP contribution in [-0.4, -0.2) is 59.9 Å². The van der Waals surface area contributed by atoms with Gasteiger partial charge in [0.15, 0.2) is 5.96 Å². The highest BCUT2D eigenvalue weighted by atomic mass is 32.2. The van der Waals surface area contributed by atoms with Gasteiger partial charge in [-0.3, -0.25) is 4.99 Å². The molecule has 1 aliphatic rings. The maximum Gasteiger partial charge on any atom is 0.208 e. The Kier molecular flexibility index (Phi) is 6.86. The molecule has 2 rings (SSSR count). The Labute approximate surface area is 144 Å². The Bertz CT molecular complexity index is 633. The Morgan fingerprint density at radius 1 is 1.29 bits per heavy atom. The molecule has 1 aliphatic heterocycles. The van der Waals surface area contributed by atoms with Gasteiger partial charge in [-0.25, -0.2) is 13.1 Å². The Morgan fingerprint density at radius 2 is 2.04 bits per heavy atom. The number of hydrogen-bond acceptors (Lipinski definition) is 4. The van der Waals surface area contributed by atoms with Gasteiger partial charge in [0.2, 0.25) is 10.0 Å². The Hall–Kier alpha value is -1.80. The van der Waals surface area contributed by atoms with Gasteiger partial charge in [-0.1, -0.05) is 18.2 Å².